The van der Waals surface area contributed by atoms with Gasteiger partial charge in [-0.1, -0.05) is 29.3 Å². The highest BCUT2D eigenvalue weighted by molar-refractivity contribution is 5.75. The Morgan fingerprint density at radius 2 is 1.78 bits per heavy atom. The predicted octanol–water partition coefficient (Wildman–Crippen LogP) is 2.91. The van der Waals surface area contributed by atoms with E-state index in [0.29, 0.717) is 6.61 Å². The topological polar surface area (TPSA) is 38.3 Å². The van der Waals surface area contributed by atoms with Gasteiger partial charge in [-0.15, -0.1) is 0 Å². The molecule has 3 nitrogen and oxygen atoms in total. The van der Waals surface area contributed by atoms with Gasteiger partial charge in [-0.3, -0.25) is 10.1 Å². The largest absolute Gasteiger partial charge is 0.465 e. The summed E-state index contributed by atoms with van der Waals surface area (Å²) in [5.41, 5.74) is 3.67. The van der Waals surface area contributed by atoms with Crippen molar-refractivity contribution in [2.24, 2.45) is 0 Å². The van der Waals surface area contributed by atoms with Crippen molar-refractivity contribution in [1.29, 1.82) is 0 Å². The fourth-order valence-electron chi connectivity index (χ4n) is 2.07. The molecule has 0 aliphatic heterocycles. The van der Waals surface area contributed by atoms with Gasteiger partial charge in [-0.2, -0.15) is 0 Å². The molecule has 0 aliphatic rings. The summed E-state index contributed by atoms with van der Waals surface area (Å²) in [6, 6.07) is 6.26. The van der Waals surface area contributed by atoms with Crippen LogP contribution in [-0.2, 0) is 9.53 Å². The van der Waals surface area contributed by atoms with Gasteiger partial charge in [0.15, 0.2) is 0 Å². The minimum absolute atomic E-state index is 0.128. The van der Waals surface area contributed by atoms with Crippen molar-refractivity contribution in [3.05, 3.63) is 34.9 Å². The summed E-state index contributed by atoms with van der Waals surface area (Å²) in [7, 11) is 0. The minimum Gasteiger partial charge on any atom is -0.465 e. The Bertz CT molecular complexity index is 395. The van der Waals surface area contributed by atoms with Gasteiger partial charge < -0.3 is 4.74 Å². The van der Waals surface area contributed by atoms with E-state index >= 15 is 0 Å². The number of nitrogens with one attached hydrogen (secondary N) is 1. The van der Waals surface area contributed by atoms with Crippen LogP contribution in [0.5, 0.6) is 0 Å². The molecule has 1 aromatic rings. The quantitative estimate of drug-likeness (QED) is 0.815. The van der Waals surface area contributed by atoms with Crippen LogP contribution in [0.25, 0.3) is 0 Å². The highest BCUT2D eigenvalue weighted by Crippen LogP contribution is 2.17. The molecule has 0 aromatic heterocycles. The summed E-state index contributed by atoms with van der Waals surface area (Å²) in [4.78, 5) is 11.6. The number of hydrogen-bond donors (Lipinski definition) is 1. The Hall–Kier alpha value is -1.35. The van der Waals surface area contributed by atoms with E-state index in [4.69, 9.17) is 4.74 Å². The number of ether oxygens (including phenoxy) is 1. The lowest BCUT2D eigenvalue weighted by atomic mass is 10.0. The molecule has 1 N–H and O–H groups in total. The van der Waals surface area contributed by atoms with Crippen LogP contribution >= 0.6 is 0 Å². The monoisotopic (exact) mass is 249 g/mol. The van der Waals surface area contributed by atoms with Gasteiger partial charge in [0.25, 0.3) is 0 Å². The number of carbonyl (C=O) groups is 1. The fourth-order valence-corrected chi connectivity index (χ4v) is 2.07. The van der Waals surface area contributed by atoms with Gasteiger partial charge >= 0.3 is 5.97 Å². The second kappa shape index (κ2) is 6.55. The molecule has 0 heterocycles. The molecule has 2 unspecified atom stereocenters. The standard InChI is InChI=1S/C15H23NO2/c1-6-18-15(17)13(5)16-12(4)14-8-10(2)7-11(3)9-14/h7-9,12-13,16H,6H2,1-5H3. The Morgan fingerprint density at radius 3 is 2.28 bits per heavy atom. The third-order valence-corrected chi connectivity index (χ3v) is 2.88. The van der Waals surface area contributed by atoms with Crippen LogP contribution in [0.2, 0.25) is 0 Å². The van der Waals surface area contributed by atoms with Gasteiger partial charge in [-0.05, 0) is 40.2 Å². The first kappa shape index (κ1) is 14.7. The summed E-state index contributed by atoms with van der Waals surface area (Å²) in [6.45, 7) is 10.3. The maximum absolute atomic E-state index is 11.6. The molecule has 0 saturated heterocycles. The first-order chi connectivity index (χ1) is 8.43. The van der Waals surface area contributed by atoms with E-state index in [9.17, 15) is 4.79 Å². The fraction of sp³-hybridized carbons (Fsp3) is 0.533. The molecule has 0 bridgehead atoms. The number of rotatable bonds is 5. The third kappa shape index (κ3) is 4.15. The zero-order chi connectivity index (χ0) is 13.7. The lowest BCUT2D eigenvalue weighted by molar-refractivity contribution is -0.145. The maximum Gasteiger partial charge on any atom is 0.322 e. The molecule has 0 spiro atoms. The number of benzene rings is 1. The third-order valence-electron chi connectivity index (χ3n) is 2.88. The van der Waals surface area contributed by atoms with E-state index in [1.165, 1.54) is 16.7 Å². The van der Waals surface area contributed by atoms with Gasteiger partial charge in [0.05, 0.1) is 6.61 Å². The molecule has 0 fully saturated rings. The van der Waals surface area contributed by atoms with Crippen molar-refractivity contribution in [3.8, 4) is 0 Å². The van der Waals surface area contributed by atoms with Crippen molar-refractivity contribution in [2.45, 2.75) is 46.7 Å². The Balaban J connectivity index is 2.69. The number of esters is 1. The summed E-state index contributed by atoms with van der Waals surface area (Å²) in [6.07, 6.45) is 0. The summed E-state index contributed by atoms with van der Waals surface area (Å²) in [5, 5.41) is 3.26. The van der Waals surface area contributed by atoms with Crippen LogP contribution < -0.4 is 5.32 Å². The molecule has 0 saturated carbocycles. The van der Waals surface area contributed by atoms with Crippen molar-refractivity contribution in [1.82, 2.24) is 5.32 Å². The predicted molar refractivity (Wildman–Crippen MR) is 73.6 cm³/mol. The molecule has 0 amide bonds. The van der Waals surface area contributed by atoms with Crippen LogP contribution in [0.1, 0.15) is 43.5 Å². The van der Waals surface area contributed by atoms with Crippen molar-refractivity contribution in [2.75, 3.05) is 6.61 Å². The zero-order valence-electron chi connectivity index (χ0n) is 11.9. The summed E-state index contributed by atoms with van der Waals surface area (Å²) < 4.78 is 4.99. The van der Waals surface area contributed by atoms with E-state index in [1.807, 2.05) is 13.8 Å². The Kier molecular flexibility index (Phi) is 5.35. The molecule has 18 heavy (non-hydrogen) atoms. The SMILES string of the molecule is CCOC(=O)C(C)NC(C)c1cc(C)cc(C)c1. The number of carbonyl (C=O) groups excluding carboxylic acids is 1. The van der Waals surface area contributed by atoms with Crippen molar-refractivity contribution in [3.63, 3.8) is 0 Å². The smallest absolute Gasteiger partial charge is 0.322 e. The van der Waals surface area contributed by atoms with E-state index in [2.05, 4.69) is 44.3 Å². The van der Waals surface area contributed by atoms with Crippen molar-refractivity contribution < 1.29 is 9.53 Å². The van der Waals surface area contributed by atoms with Crippen LogP contribution in [-0.4, -0.2) is 18.6 Å². The molecule has 0 aliphatic carbocycles. The minimum atomic E-state index is -0.291. The first-order valence-corrected chi connectivity index (χ1v) is 6.45. The molecule has 1 aromatic carbocycles. The highest BCUT2D eigenvalue weighted by Gasteiger charge is 2.17. The van der Waals surface area contributed by atoms with Crippen molar-refractivity contribution >= 4 is 5.97 Å². The van der Waals surface area contributed by atoms with Gasteiger partial charge in [0.1, 0.15) is 6.04 Å². The number of hydrogen-bond acceptors (Lipinski definition) is 3. The van der Waals surface area contributed by atoms with E-state index in [1.54, 1.807) is 0 Å². The molecule has 2 atom stereocenters. The average molecular weight is 249 g/mol. The van der Waals surface area contributed by atoms with Gasteiger partial charge in [-0.25, -0.2) is 0 Å². The molecule has 1 rings (SSSR count). The second-order valence-corrected chi connectivity index (χ2v) is 4.78. The Labute approximate surface area is 110 Å². The van der Waals surface area contributed by atoms with Crippen LogP contribution in [0.15, 0.2) is 18.2 Å². The van der Waals surface area contributed by atoms with Crippen LogP contribution in [0.4, 0.5) is 0 Å². The lowest BCUT2D eigenvalue weighted by Crippen LogP contribution is -2.37. The lowest BCUT2D eigenvalue weighted by Gasteiger charge is -2.20. The zero-order valence-corrected chi connectivity index (χ0v) is 11.9. The van der Waals surface area contributed by atoms with E-state index in [0.717, 1.165) is 0 Å². The van der Waals surface area contributed by atoms with Gasteiger partial charge in [0.2, 0.25) is 0 Å². The second-order valence-electron chi connectivity index (χ2n) is 4.78. The number of aryl methyl sites for hydroxylation is 2. The Morgan fingerprint density at radius 1 is 1.22 bits per heavy atom. The molecular weight excluding hydrogens is 226 g/mol. The van der Waals surface area contributed by atoms with Gasteiger partial charge in [0, 0.05) is 6.04 Å². The molecule has 3 heteroatoms. The van der Waals surface area contributed by atoms with E-state index < -0.39 is 0 Å². The average Bonchev–Trinajstić information content (AvgIpc) is 2.27. The first-order valence-electron chi connectivity index (χ1n) is 6.45. The molecule has 100 valence electrons. The summed E-state index contributed by atoms with van der Waals surface area (Å²) >= 11 is 0. The summed E-state index contributed by atoms with van der Waals surface area (Å²) in [5.74, 6) is -0.200. The normalized spacial score (nSPS) is 14.1. The van der Waals surface area contributed by atoms with Crippen LogP contribution in [0, 0.1) is 13.8 Å². The molecule has 0 radical (unpaired) electrons. The maximum atomic E-state index is 11.6. The van der Waals surface area contributed by atoms with E-state index in [-0.39, 0.29) is 18.1 Å². The highest BCUT2D eigenvalue weighted by atomic mass is 16.5. The van der Waals surface area contributed by atoms with Crippen LogP contribution in [0.3, 0.4) is 0 Å². The molecular formula is C15H23NO2.